The minimum atomic E-state index is -2.25. The monoisotopic (exact) mass is 253 g/mol. The van der Waals surface area contributed by atoms with Crippen LogP contribution in [-0.4, -0.2) is 28.6 Å². The van der Waals surface area contributed by atoms with Gasteiger partial charge in [-0.25, -0.2) is 4.79 Å². The third-order valence-electron chi connectivity index (χ3n) is 2.29. The smallest absolute Gasteiger partial charge is 0.350 e. The molecule has 0 fully saturated rings. The molecule has 1 N–H and O–H groups in total. The summed E-state index contributed by atoms with van der Waals surface area (Å²) in [5, 5.41) is 20.9. The number of esters is 1. The van der Waals surface area contributed by atoms with Crippen molar-refractivity contribution < 1.29 is 19.6 Å². The molecule has 18 heavy (non-hydrogen) atoms. The lowest BCUT2D eigenvalue weighted by molar-refractivity contribution is -0.499. The molecule has 1 atom stereocenters. The highest BCUT2D eigenvalue weighted by Gasteiger charge is 2.45. The maximum atomic E-state index is 11.8. The Bertz CT molecular complexity index is 431. The quantitative estimate of drug-likeness (QED) is 0.482. The number of carbonyl (C=O) groups is 1. The van der Waals surface area contributed by atoms with Gasteiger partial charge in [-0.05, 0) is 13.8 Å². The number of ether oxygens (including phenoxy) is 1. The number of carbonyl (C=O) groups excluding carboxylic acids is 1. The van der Waals surface area contributed by atoms with E-state index in [-0.39, 0.29) is 5.56 Å². The second-order valence-corrected chi connectivity index (χ2v) is 4.17. The van der Waals surface area contributed by atoms with Crippen molar-refractivity contribution in [2.24, 2.45) is 0 Å². The summed E-state index contributed by atoms with van der Waals surface area (Å²) in [7, 11) is 0. The first-order chi connectivity index (χ1) is 8.36. The summed E-state index contributed by atoms with van der Waals surface area (Å²) in [6.45, 7) is 2.29. The van der Waals surface area contributed by atoms with Gasteiger partial charge in [-0.2, -0.15) is 0 Å². The summed E-state index contributed by atoms with van der Waals surface area (Å²) in [6.07, 6.45) is -0.459. The molecular weight excluding hydrogens is 238 g/mol. The van der Waals surface area contributed by atoms with E-state index in [1.165, 1.54) is 12.1 Å². The van der Waals surface area contributed by atoms with E-state index in [1.807, 2.05) is 0 Å². The third-order valence-corrected chi connectivity index (χ3v) is 2.29. The first-order valence-corrected chi connectivity index (χ1v) is 5.47. The van der Waals surface area contributed by atoms with Crippen molar-refractivity contribution in [2.45, 2.75) is 25.6 Å². The van der Waals surface area contributed by atoms with Crippen molar-refractivity contribution in [3.05, 3.63) is 46.0 Å². The average molecular weight is 253 g/mol. The lowest BCUT2D eigenvalue weighted by Gasteiger charge is -2.23. The van der Waals surface area contributed by atoms with Gasteiger partial charge in [0.25, 0.3) is 5.60 Å². The van der Waals surface area contributed by atoms with Crippen molar-refractivity contribution >= 4 is 5.97 Å². The molecule has 0 aromatic heterocycles. The summed E-state index contributed by atoms with van der Waals surface area (Å²) >= 11 is 0. The molecule has 0 saturated carbocycles. The summed E-state index contributed by atoms with van der Waals surface area (Å²) in [4.78, 5) is 21.7. The molecule has 0 aliphatic rings. The molecular formula is C12H15NO5. The van der Waals surface area contributed by atoms with Crippen LogP contribution in [0, 0.1) is 10.1 Å². The van der Waals surface area contributed by atoms with Crippen LogP contribution in [0.5, 0.6) is 0 Å². The Balaban J connectivity index is 3.10. The van der Waals surface area contributed by atoms with Gasteiger partial charge in [-0.1, -0.05) is 30.3 Å². The zero-order valence-electron chi connectivity index (χ0n) is 10.2. The second-order valence-electron chi connectivity index (χ2n) is 4.17. The molecule has 0 aliphatic carbocycles. The highest BCUT2D eigenvalue weighted by Crippen LogP contribution is 2.23. The Kier molecular flexibility index (Phi) is 4.38. The van der Waals surface area contributed by atoms with Crippen molar-refractivity contribution in [3.63, 3.8) is 0 Å². The highest BCUT2D eigenvalue weighted by atomic mass is 16.6. The molecule has 1 aromatic carbocycles. The van der Waals surface area contributed by atoms with E-state index in [9.17, 15) is 20.0 Å². The molecule has 1 rings (SSSR count). The molecule has 0 saturated heterocycles. The van der Waals surface area contributed by atoms with Gasteiger partial charge in [-0.15, -0.1) is 0 Å². The number of hydrogen-bond acceptors (Lipinski definition) is 5. The number of nitro groups is 1. The van der Waals surface area contributed by atoms with Gasteiger partial charge in [0.1, 0.15) is 0 Å². The van der Waals surface area contributed by atoms with Crippen molar-refractivity contribution in [3.8, 4) is 0 Å². The van der Waals surface area contributed by atoms with E-state index in [0.29, 0.717) is 0 Å². The minimum absolute atomic E-state index is 0.146. The van der Waals surface area contributed by atoms with E-state index in [0.717, 1.165) is 0 Å². The average Bonchev–Trinajstić information content (AvgIpc) is 2.28. The van der Waals surface area contributed by atoms with E-state index in [1.54, 1.807) is 32.0 Å². The van der Waals surface area contributed by atoms with E-state index < -0.39 is 29.1 Å². The molecule has 6 heteroatoms. The van der Waals surface area contributed by atoms with Gasteiger partial charge >= 0.3 is 5.97 Å². The van der Waals surface area contributed by atoms with Gasteiger partial charge in [0.2, 0.25) is 6.54 Å². The molecule has 0 radical (unpaired) electrons. The topological polar surface area (TPSA) is 89.7 Å². The number of nitrogens with zero attached hydrogens (tertiary/aromatic N) is 1. The summed E-state index contributed by atoms with van der Waals surface area (Å²) < 4.78 is 4.88. The zero-order chi connectivity index (χ0) is 13.8. The normalized spacial score (nSPS) is 14.0. The van der Waals surface area contributed by atoms with Crippen LogP contribution in [0.1, 0.15) is 19.4 Å². The fourth-order valence-corrected chi connectivity index (χ4v) is 1.49. The van der Waals surface area contributed by atoms with Gasteiger partial charge in [0.05, 0.1) is 6.10 Å². The molecule has 1 aromatic rings. The molecule has 0 heterocycles. The van der Waals surface area contributed by atoms with Gasteiger partial charge in [0.15, 0.2) is 0 Å². The van der Waals surface area contributed by atoms with Crippen LogP contribution >= 0.6 is 0 Å². The van der Waals surface area contributed by atoms with Crippen LogP contribution in [0.2, 0.25) is 0 Å². The first-order valence-electron chi connectivity index (χ1n) is 5.47. The van der Waals surface area contributed by atoms with Crippen molar-refractivity contribution in [1.29, 1.82) is 0 Å². The molecule has 0 aliphatic heterocycles. The van der Waals surface area contributed by atoms with Crippen LogP contribution in [-0.2, 0) is 15.1 Å². The molecule has 0 bridgehead atoms. The highest BCUT2D eigenvalue weighted by molar-refractivity contribution is 5.81. The Morgan fingerprint density at radius 1 is 1.44 bits per heavy atom. The number of hydrogen-bond donors (Lipinski definition) is 1. The van der Waals surface area contributed by atoms with Crippen LogP contribution in [0.15, 0.2) is 30.3 Å². The molecule has 98 valence electrons. The Morgan fingerprint density at radius 3 is 2.44 bits per heavy atom. The van der Waals surface area contributed by atoms with Crippen molar-refractivity contribution in [2.75, 3.05) is 6.54 Å². The molecule has 6 nitrogen and oxygen atoms in total. The van der Waals surface area contributed by atoms with Gasteiger partial charge in [-0.3, -0.25) is 10.1 Å². The van der Waals surface area contributed by atoms with Gasteiger partial charge in [0, 0.05) is 10.5 Å². The fourth-order valence-electron chi connectivity index (χ4n) is 1.49. The maximum Gasteiger partial charge on any atom is 0.350 e. The molecule has 0 unspecified atom stereocenters. The first kappa shape index (κ1) is 14.1. The van der Waals surface area contributed by atoms with Crippen LogP contribution in [0.25, 0.3) is 0 Å². The SMILES string of the molecule is CC(C)OC(=O)[C@](O)(C[N+](=O)[O-])c1ccccc1. The lowest BCUT2D eigenvalue weighted by Crippen LogP contribution is -2.44. The maximum absolute atomic E-state index is 11.8. The Morgan fingerprint density at radius 2 is 2.00 bits per heavy atom. The number of benzene rings is 1. The van der Waals surface area contributed by atoms with Crippen LogP contribution in [0.3, 0.4) is 0 Å². The largest absolute Gasteiger partial charge is 0.460 e. The number of aliphatic hydroxyl groups is 1. The molecule has 0 spiro atoms. The second kappa shape index (κ2) is 5.59. The Labute approximate surface area is 104 Å². The van der Waals surface area contributed by atoms with E-state index in [4.69, 9.17) is 4.74 Å². The van der Waals surface area contributed by atoms with Crippen LogP contribution in [0.4, 0.5) is 0 Å². The predicted molar refractivity (Wildman–Crippen MR) is 63.4 cm³/mol. The van der Waals surface area contributed by atoms with Crippen LogP contribution < -0.4 is 0 Å². The van der Waals surface area contributed by atoms with Gasteiger partial charge < -0.3 is 9.84 Å². The number of rotatable bonds is 5. The fraction of sp³-hybridized carbons (Fsp3) is 0.417. The summed E-state index contributed by atoms with van der Waals surface area (Å²) in [5.74, 6) is -1.01. The summed E-state index contributed by atoms with van der Waals surface area (Å²) in [5.41, 5.74) is -2.11. The summed E-state index contributed by atoms with van der Waals surface area (Å²) in [6, 6.07) is 7.76. The zero-order valence-corrected chi connectivity index (χ0v) is 10.2. The minimum Gasteiger partial charge on any atom is -0.460 e. The van der Waals surface area contributed by atoms with E-state index >= 15 is 0 Å². The standard InChI is InChI=1S/C12H15NO5/c1-9(2)18-11(14)12(15,8-13(16)17)10-6-4-3-5-7-10/h3-7,9,15H,8H2,1-2H3/t12-/m0/s1. The van der Waals surface area contributed by atoms with E-state index in [2.05, 4.69) is 0 Å². The third kappa shape index (κ3) is 3.27. The molecule has 0 amide bonds. The predicted octanol–water partition coefficient (Wildman–Crippen LogP) is 1.10. The lowest BCUT2D eigenvalue weighted by atomic mass is 9.94. The van der Waals surface area contributed by atoms with Crippen molar-refractivity contribution in [1.82, 2.24) is 0 Å². The Hall–Kier alpha value is -1.95.